The number of nitrogens with zero attached hydrogens (tertiary/aromatic N) is 3. The molecule has 1 aromatic heterocycles. The maximum Gasteiger partial charge on any atom is 0.338 e. The summed E-state index contributed by atoms with van der Waals surface area (Å²) in [6.45, 7) is 3.93. The van der Waals surface area contributed by atoms with E-state index >= 15 is 0 Å². The van der Waals surface area contributed by atoms with Crippen LogP contribution in [-0.2, 0) is 16.1 Å². The van der Waals surface area contributed by atoms with E-state index in [1.54, 1.807) is 49.8 Å². The number of carbonyl (C=O) groups is 1. The van der Waals surface area contributed by atoms with Crippen molar-refractivity contribution in [1.29, 1.82) is 5.26 Å². The molecule has 8 nitrogen and oxygen atoms in total. The summed E-state index contributed by atoms with van der Waals surface area (Å²) >= 11 is 1.25. The highest BCUT2D eigenvalue weighted by Crippen LogP contribution is 2.31. The van der Waals surface area contributed by atoms with Gasteiger partial charge in [-0.15, -0.1) is 0 Å². The molecule has 0 spiro atoms. The summed E-state index contributed by atoms with van der Waals surface area (Å²) in [5.41, 5.74) is 3.45. The van der Waals surface area contributed by atoms with Crippen LogP contribution in [0, 0.1) is 11.3 Å². The lowest BCUT2D eigenvalue weighted by molar-refractivity contribution is -0.139. The zero-order valence-electron chi connectivity index (χ0n) is 22.8. The maximum atomic E-state index is 13.8. The predicted molar refractivity (Wildman–Crippen MR) is 155 cm³/mol. The van der Waals surface area contributed by atoms with Gasteiger partial charge in [0.15, 0.2) is 16.3 Å². The third kappa shape index (κ3) is 5.55. The highest BCUT2D eigenvalue weighted by atomic mass is 32.1. The number of carbonyl (C=O) groups excluding carboxylic acids is 1. The fourth-order valence-electron chi connectivity index (χ4n) is 4.70. The molecule has 0 amide bonds. The molecule has 0 N–H and O–H groups in total. The molecule has 41 heavy (non-hydrogen) atoms. The summed E-state index contributed by atoms with van der Waals surface area (Å²) in [4.78, 5) is 31.9. The molecule has 0 saturated heterocycles. The van der Waals surface area contributed by atoms with Gasteiger partial charge in [0, 0.05) is 5.56 Å². The van der Waals surface area contributed by atoms with E-state index in [0.29, 0.717) is 37.7 Å². The second-order valence-corrected chi connectivity index (χ2v) is 10.2. The quantitative estimate of drug-likeness (QED) is 0.296. The van der Waals surface area contributed by atoms with Crippen molar-refractivity contribution in [2.45, 2.75) is 26.5 Å². The number of benzene rings is 3. The second kappa shape index (κ2) is 12.1. The molecule has 2 heterocycles. The molecule has 4 aromatic rings. The minimum absolute atomic E-state index is 0.208. The molecule has 1 aliphatic heterocycles. The molecule has 0 radical (unpaired) electrons. The lowest BCUT2D eigenvalue weighted by Gasteiger charge is -2.24. The van der Waals surface area contributed by atoms with Crippen molar-refractivity contribution in [3.63, 3.8) is 0 Å². The number of thiazole rings is 1. The van der Waals surface area contributed by atoms with Gasteiger partial charge in [-0.3, -0.25) is 9.36 Å². The highest BCUT2D eigenvalue weighted by molar-refractivity contribution is 7.07. The molecule has 1 aliphatic rings. The number of esters is 1. The topological polar surface area (TPSA) is 103 Å². The Bertz CT molecular complexity index is 1870. The van der Waals surface area contributed by atoms with Gasteiger partial charge in [-0.1, -0.05) is 65.9 Å². The molecule has 1 atom stereocenters. The van der Waals surface area contributed by atoms with E-state index in [9.17, 15) is 14.9 Å². The molecule has 3 aromatic carbocycles. The van der Waals surface area contributed by atoms with E-state index in [4.69, 9.17) is 14.2 Å². The zero-order chi connectivity index (χ0) is 28.9. The van der Waals surface area contributed by atoms with Crippen LogP contribution in [-0.4, -0.2) is 24.3 Å². The van der Waals surface area contributed by atoms with Crippen LogP contribution >= 0.6 is 11.3 Å². The number of aromatic nitrogens is 1. The minimum Gasteiger partial charge on any atom is -0.493 e. The molecular weight excluding hydrogens is 538 g/mol. The Labute approximate surface area is 240 Å². The molecule has 0 saturated carbocycles. The first-order valence-corrected chi connectivity index (χ1v) is 13.8. The fourth-order valence-corrected chi connectivity index (χ4v) is 5.74. The number of hydrogen-bond donors (Lipinski definition) is 0. The van der Waals surface area contributed by atoms with Gasteiger partial charge in [0.1, 0.15) is 6.61 Å². The smallest absolute Gasteiger partial charge is 0.338 e. The van der Waals surface area contributed by atoms with Crippen LogP contribution in [0.5, 0.6) is 11.5 Å². The molecule has 206 valence electrons. The summed E-state index contributed by atoms with van der Waals surface area (Å²) in [6, 6.07) is 23.6. The molecular formula is C32H27N3O5S. The van der Waals surface area contributed by atoms with Crippen molar-refractivity contribution in [3.8, 4) is 17.6 Å². The lowest BCUT2D eigenvalue weighted by atomic mass is 9.96. The van der Waals surface area contributed by atoms with Crippen molar-refractivity contribution in [1.82, 2.24) is 4.57 Å². The van der Waals surface area contributed by atoms with Gasteiger partial charge in [0.2, 0.25) is 0 Å². The van der Waals surface area contributed by atoms with Crippen LogP contribution in [0.15, 0.2) is 93.9 Å². The Morgan fingerprint density at radius 2 is 1.85 bits per heavy atom. The molecule has 9 heteroatoms. The molecule has 0 fully saturated rings. The number of allylic oxidation sites excluding steroid dienone is 1. The summed E-state index contributed by atoms with van der Waals surface area (Å²) in [7, 11) is 1.54. The monoisotopic (exact) mass is 565 g/mol. The first-order chi connectivity index (χ1) is 19.9. The SMILES string of the molecule is CCOC(=O)C1=C(C)N=c2sc(=Cc3ccc(OCc4ccccc4C#N)c(OC)c3)c(=O)n2C1c1ccccc1. The van der Waals surface area contributed by atoms with Crippen LogP contribution in [0.4, 0.5) is 0 Å². The zero-order valence-corrected chi connectivity index (χ0v) is 23.6. The lowest BCUT2D eigenvalue weighted by Crippen LogP contribution is -2.39. The fraction of sp³-hybridized carbons (Fsp3) is 0.188. The third-order valence-corrected chi connectivity index (χ3v) is 7.62. The first-order valence-electron chi connectivity index (χ1n) is 13.0. The number of fused-ring (bicyclic) bond motifs is 1. The van der Waals surface area contributed by atoms with E-state index in [2.05, 4.69) is 11.1 Å². The van der Waals surface area contributed by atoms with Crippen molar-refractivity contribution in [2.24, 2.45) is 4.99 Å². The number of methoxy groups -OCH3 is 1. The summed E-state index contributed by atoms with van der Waals surface area (Å²) in [5, 5.41) is 9.34. The largest absolute Gasteiger partial charge is 0.493 e. The van der Waals surface area contributed by atoms with Gasteiger partial charge in [0.05, 0.1) is 47.2 Å². The summed E-state index contributed by atoms with van der Waals surface area (Å²) < 4.78 is 18.9. The Hall–Kier alpha value is -4.94. The van der Waals surface area contributed by atoms with Gasteiger partial charge in [-0.25, -0.2) is 9.79 Å². The van der Waals surface area contributed by atoms with Crippen LogP contribution in [0.3, 0.4) is 0 Å². The van der Waals surface area contributed by atoms with Gasteiger partial charge in [-0.2, -0.15) is 5.26 Å². The van der Waals surface area contributed by atoms with Gasteiger partial charge < -0.3 is 14.2 Å². The number of rotatable bonds is 8. The van der Waals surface area contributed by atoms with E-state index in [1.807, 2.05) is 54.6 Å². The van der Waals surface area contributed by atoms with Crippen LogP contribution in [0.2, 0.25) is 0 Å². The Morgan fingerprint density at radius 1 is 1.10 bits per heavy atom. The normalized spacial score (nSPS) is 14.6. The second-order valence-electron chi connectivity index (χ2n) is 9.18. The number of ether oxygens (including phenoxy) is 3. The Balaban J connectivity index is 1.53. The molecule has 1 unspecified atom stereocenters. The van der Waals surface area contributed by atoms with Crippen LogP contribution in [0.1, 0.15) is 42.1 Å². The minimum atomic E-state index is -0.657. The molecule has 0 bridgehead atoms. The molecule has 5 rings (SSSR count). The van der Waals surface area contributed by atoms with E-state index in [1.165, 1.54) is 11.3 Å². The number of hydrogen-bond acceptors (Lipinski definition) is 8. The van der Waals surface area contributed by atoms with Crippen LogP contribution < -0.4 is 24.4 Å². The van der Waals surface area contributed by atoms with E-state index in [-0.39, 0.29) is 18.8 Å². The highest BCUT2D eigenvalue weighted by Gasteiger charge is 2.33. The number of nitriles is 1. The van der Waals surface area contributed by atoms with Crippen molar-refractivity contribution in [2.75, 3.05) is 13.7 Å². The average Bonchev–Trinajstić information content (AvgIpc) is 3.29. The Morgan fingerprint density at radius 3 is 2.59 bits per heavy atom. The summed E-state index contributed by atoms with van der Waals surface area (Å²) in [5.74, 6) is 0.510. The average molecular weight is 566 g/mol. The third-order valence-electron chi connectivity index (χ3n) is 6.64. The summed E-state index contributed by atoms with van der Waals surface area (Å²) in [6.07, 6.45) is 1.77. The van der Waals surface area contributed by atoms with Crippen molar-refractivity contribution < 1.29 is 19.0 Å². The Kier molecular flexibility index (Phi) is 8.13. The predicted octanol–water partition coefficient (Wildman–Crippen LogP) is 4.26. The molecule has 0 aliphatic carbocycles. The van der Waals surface area contributed by atoms with Crippen LogP contribution in [0.25, 0.3) is 6.08 Å². The van der Waals surface area contributed by atoms with Gasteiger partial charge in [0.25, 0.3) is 5.56 Å². The van der Waals surface area contributed by atoms with E-state index < -0.39 is 12.0 Å². The maximum absolute atomic E-state index is 13.8. The van der Waals surface area contributed by atoms with Crippen molar-refractivity contribution >= 4 is 23.4 Å². The van der Waals surface area contributed by atoms with Gasteiger partial charge >= 0.3 is 5.97 Å². The van der Waals surface area contributed by atoms with Gasteiger partial charge in [-0.05, 0) is 49.2 Å². The van der Waals surface area contributed by atoms with Crippen molar-refractivity contribution in [3.05, 3.63) is 126 Å². The van der Waals surface area contributed by atoms with E-state index in [0.717, 1.165) is 16.7 Å². The first kappa shape index (κ1) is 27.6. The standard InChI is InChI=1S/C32H27N3O5S/c1-4-39-31(37)28-20(2)34-32-35(29(28)22-10-6-5-7-11-22)30(36)27(41-32)17-21-14-15-25(26(16-21)38-3)40-19-24-13-9-8-12-23(24)18-33/h5-17,29H,4,19H2,1-3H3.